The lowest BCUT2D eigenvalue weighted by atomic mass is 9.84. The van der Waals surface area contributed by atoms with Gasteiger partial charge in [-0.2, -0.15) is 0 Å². The summed E-state index contributed by atoms with van der Waals surface area (Å²) in [5.41, 5.74) is -0.0914. The summed E-state index contributed by atoms with van der Waals surface area (Å²) in [6.07, 6.45) is 0.514. The van der Waals surface area contributed by atoms with E-state index >= 15 is 0 Å². The third-order valence-electron chi connectivity index (χ3n) is 2.70. The van der Waals surface area contributed by atoms with Crippen molar-refractivity contribution in [2.75, 3.05) is 26.3 Å². The van der Waals surface area contributed by atoms with Gasteiger partial charge in [0.15, 0.2) is 0 Å². The van der Waals surface area contributed by atoms with Crippen LogP contribution in [0, 0.1) is 17.3 Å². The summed E-state index contributed by atoms with van der Waals surface area (Å²) in [5, 5.41) is 14.4. The minimum absolute atomic E-state index is 0.0914. The van der Waals surface area contributed by atoms with Crippen LogP contribution < -0.4 is 10.6 Å². The van der Waals surface area contributed by atoms with Gasteiger partial charge in [0.05, 0.1) is 12.5 Å². The van der Waals surface area contributed by atoms with Crippen molar-refractivity contribution >= 4 is 12.0 Å². The Morgan fingerprint density at radius 1 is 1.19 bits per heavy atom. The van der Waals surface area contributed by atoms with Gasteiger partial charge in [0, 0.05) is 19.7 Å². The van der Waals surface area contributed by atoms with Gasteiger partial charge < -0.3 is 20.5 Å². The third-order valence-corrected chi connectivity index (χ3v) is 2.70. The van der Waals surface area contributed by atoms with Gasteiger partial charge in [-0.1, -0.05) is 34.6 Å². The highest BCUT2D eigenvalue weighted by Gasteiger charge is 2.24. The Morgan fingerprint density at radius 2 is 1.81 bits per heavy atom. The molecule has 0 aromatic heterocycles. The van der Waals surface area contributed by atoms with E-state index in [0.717, 1.165) is 0 Å². The molecule has 0 rings (SSSR count). The average molecular weight is 302 g/mol. The second-order valence-electron chi connectivity index (χ2n) is 6.91. The summed E-state index contributed by atoms with van der Waals surface area (Å²) in [4.78, 5) is 22.7. The summed E-state index contributed by atoms with van der Waals surface area (Å²) in [7, 11) is 0. The summed E-state index contributed by atoms with van der Waals surface area (Å²) < 4.78 is 5.34. The molecule has 21 heavy (non-hydrogen) atoms. The monoisotopic (exact) mass is 302 g/mol. The maximum atomic E-state index is 11.6. The van der Waals surface area contributed by atoms with Crippen LogP contribution in [-0.4, -0.2) is 43.4 Å². The van der Waals surface area contributed by atoms with Crippen LogP contribution in [-0.2, 0) is 9.53 Å². The minimum Gasteiger partial charge on any atom is -0.481 e. The van der Waals surface area contributed by atoms with Gasteiger partial charge in [-0.3, -0.25) is 4.79 Å². The fourth-order valence-electron chi connectivity index (χ4n) is 1.82. The number of hydrogen-bond donors (Lipinski definition) is 3. The highest BCUT2D eigenvalue weighted by atomic mass is 16.5. The smallest absolute Gasteiger partial charge is 0.314 e. The van der Waals surface area contributed by atoms with Crippen molar-refractivity contribution in [2.45, 2.75) is 41.0 Å². The van der Waals surface area contributed by atoms with Gasteiger partial charge in [0.2, 0.25) is 0 Å². The number of carbonyl (C=O) groups excluding carboxylic acids is 1. The number of carbonyl (C=O) groups is 2. The van der Waals surface area contributed by atoms with E-state index in [9.17, 15) is 9.59 Å². The summed E-state index contributed by atoms with van der Waals surface area (Å²) in [5.74, 6) is -0.994. The molecule has 0 saturated heterocycles. The fourth-order valence-corrected chi connectivity index (χ4v) is 1.82. The molecule has 0 aromatic rings. The van der Waals surface area contributed by atoms with Gasteiger partial charge in [-0.25, -0.2) is 4.79 Å². The molecule has 0 aliphatic rings. The van der Waals surface area contributed by atoms with Gasteiger partial charge >= 0.3 is 12.0 Å². The second kappa shape index (κ2) is 9.60. The van der Waals surface area contributed by atoms with Crippen molar-refractivity contribution in [3.05, 3.63) is 0 Å². The topological polar surface area (TPSA) is 87.7 Å². The lowest BCUT2D eigenvalue weighted by molar-refractivity contribution is -0.142. The van der Waals surface area contributed by atoms with Crippen LogP contribution in [0.5, 0.6) is 0 Å². The first kappa shape index (κ1) is 19.7. The van der Waals surface area contributed by atoms with Gasteiger partial charge in [-0.15, -0.1) is 0 Å². The Hall–Kier alpha value is -1.30. The number of nitrogens with one attached hydrogen (secondary N) is 2. The predicted octanol–water partition coefficient (Wildman–Crippen LogP) is 2.10. The molecule has 0 aromatic carbocycles. The molecule has 3 N–H and O–H groups in total. The standard InChI is InChI=1S/C15H30N2O4/c1-11(2)10-21-7-6-16-14(20)17-9-12(13(18)19)8-15(3,4)5/h11-12H,6-10H2,1-5H3,(H,18,19)(H2,16,17,20). The molecule has 0 aliphatic heterocycles. The normalized spacial score (nSPS) is 13.0. The maximum Gasteiger partial charge on any atom is 0.314 e. The van der Waals surface area contributed by atoms with Gasteiger partial charge in [0.25, 0.3) is 0 Å². The molecule has 1 atom stereocenters. The van der Waals surface area contributed by atoms with Gasteiger partial charge in [-0.05, 0) is 17.8 Å². The van der Waals surface area contributed by atoms with E-state index in [1.165, 1.54) is 0 Å². The van der Waals surface area contributed by atoms with E-state index in [2.05, 4.69) is 24.5 Å². The average Bonchev–Trinajstić information content (AvgIpc) is 2.32. The Labute approximate surface area is 127 Å². The van der Waals surface area contributed by atoms with E-state index < -0.39 is 11.9 Å². The predicted molar refractivity (Wildman–Crippen MR) is 82.3 cm³/mol. The van der Waals surface area contributed by atoms with Crippen molar-refractivity contribution in [2.24, 2.45) is 17.3 Å². The number of urea groups is 1. The highest BCUT2D eigenvalue weighted by Crippen LogP contribution is 2.24. The van der Waals surface area contributed by atoms with Crippen molar-refractivity contribution in [1.82, 2.24) is 10.6 Å². The molecule has 6 nitrogen and oxygen atoms in total. The third kappa shape index (κ3) is 12.2. The van der Waals surface area contributed by atoms with E-state index in [1.807, 2.05) is 20.8 Å². The van der Waals surface area contributed by atoms with Crippen LogP contribution >= 0.6 is 0 Å². The fraction of sp³-hybridized carbons (Fsp3) is 0.867. The number of rotatable bonds is 9. The minimum atomic E-state index is -0.884. The quantitative estimate of drug-likeness (QED) is 0.569. The molecule has 0 radical (unpaired) electrons. The number of amides is 2. The molecule has 0 bridgehead atoms. The van der Waals surface area contributed by atoms with Crippen molar-refractivity contribution in [1.29, 1.82) is 0 Å². The number of ether oxygens (including phenoxy) is 1. The molecule has 1 unspecified atom stereocenters. The number of carboxylic acid groups (broad SMARTS) is 1. The molecule has 0 spiro atoms. The first-order valence-corrected chi connectivity index (χ1v) is 7.44. The van der Waals surface area contributed by atoms with Crippen LogP contribution in [0.2, 0.25) is 0 Å². The van der Waals surface area contributed by atoms with Crippen LogP contribution in [0.1, 0.15) is 41.0 Å². The highest BCUT2D eigenvalue weighted by molar-refractivity contribution is 5.75. The Kier molecular flexibility index (Phi) is 9.01. The summed E-state index contributed by atoms with van der Waals surface area (Å²) in [6, 6.07) is -0.358. The second-order valence-corrected chi connectivity index (χ2v) is 6.91. The molecule has 0 saturated carbocycles. The molecule has 0 heterocycles. The summed E-state index contributed by atoms with van der Waals surface area (Å²) >= 11 is 0. The van der Waals surface area contributed by atoms with Crippen molar-refractivity contribution in [3.8, 4) is 0 Å². The van der Waals surface area contributed by atoms with E-state index in [0.29, 0.717) is 32.1 Å². The van der Waals surface area contributed by atoms with Gasteiger partial charge in [0.1, 0.15) is 0 Å². The zero-order valence-corrected chi connectivity index (χ0v) is 13.9. The molecule has 0 aliphatic carbocycles. The largest absolute Gasteiger partial charge is 0.481 e. The number of hydrogen-bond acceptors (Lipinski definition) is 3. The lowest BCUT2D eigenvalue weighted by Gasteiger charge is -2.23. The Balaban J connectivity index is 3.90. The van der Waals surface area contributed by atoms with Crippen molar-refractivity contribution in [3.63, 3.8) is 0 Å². The number of carboxylic acids is 1. The van der Waals surface area contributed by atoms with Crippen LogP contribution in [0.15, 0.2) is 0 Å². The Bertz CT molecular complexity index is 324. The lowest BCUT2D eigenvalue weighted by Crippen LogP contribution is -2.41. The van der Waals surface area contributed by atoms with Crippen molar-refractivity contribution < 1.29 is 19.4 Å². The number of aliphatic carboxylic acids is 1. The maximum absolute atomic E-state index is 11.6. The summed E-state index contributed by atoms with van der Waals surface area (Å²) in [6.45, 7) is 11.7. The first-order valence-electron chi connectivity index (χ1n) is 7.44. The Morgan fingerprint density at radius 3 is 2.29 bits per heavy atom. The van der Waals surface area contributed by atoms with Crippen LogP contribution in [0.25, 0.3) is 0 Å². The molecular formula is C15H30N2O4. The van der Waals surface area contributed by atoms with E-state index in [1.54, 1.807) is 0 Å². The molecular weight excluding hydrogens is 272 g/mol. The molecule has 6 heteroatoms. The van der Waals surface area contributed by atoms with Crippen LogP contribution in [0.4, 0.5) is 4.79 Å². The molecule has 124 valence electrons. The zero-order chi connectivity index (χ0) is 16.5. The van der Waals surface area contributed by atoms with Crippen LogP contribution in [0.3, 0.4) is 0 Å². The first-order chi connectivity index (χ1) is 9.61. The van der Waals surface area contributed by atoms with E-state index in [4.69, 9.17) is 9.84 Å². The molecule has 2 amide bonds. The SMILES string of the molecule is CC(C)COCCNC(=O)NCC(CC(C)(C)C)C(=O)O. The van der Waals surface area contributed by atoms with E-state index in [-0.39, 0.29) is 18.0 Å². The zero-order valence-electron chi connectivity index (χ0n) is 13.9. The molecule has 0 fully saturated rings.